The molecule has 1 spiro atoms. The van der Waals surface area contributed by atoms with Gasteiger partial charge in [-0.15, -0.1) is 0 Å². The Kier molecular flexibility index (Phi) is 5.05. The van der Waals surface area contributed by atoms with Gasteiger partial charge in [0.15, 0.2) is 0 Å². The fourth-order valence-electron chi connectivity index (χ4n) is 6.07. The molecular formula is C25H24BrN3O5. The third kappa shape index (κ3) is 3.14. The van der Waals surface area contributed by atoms with Crippen molar-refractivity contribution in [1.82, 2.24) is 10.2 Å². The highest BCUT2D eigenvalue weighted by Gasteiger charge is 2.70. The molecule has 3 saturated heterocycles. The van der Waals surface area contributed by atoms with Gasteiger partial charge in [-0.1, -0.05) is 28.1 Å². The number of benzene rings is 2. The molecule has 0 aromatic heterocycles. The average Bonchev–Trinajstić information content (AvgIpc) is 3.56. The summed E-state index contributed by atoms with van der Waals surface area (Å²) >= 11 is 3.49. The summed E-state index contributed by atoms with van der Waals surface area (Å²) in [4.78, 5) is 42.4. The first-order chi connectivity index (χ1) is 16.4. The Hall–Kier alpha value is -2.75. The highest BCUT2D eigenvalue weighted by Crippen LogP contribution is 2.53. The fraction of sp³-hybridized carbons (Fsp3) is 0.400. The molecule has 4 heterocycles. The van der Waals surface area contributed by atoms with E-state index in [9.17, 15) is 19.5 Å². The van der Waals surface area contributed by atoms with Crippen LogP contribution in [0.15, 0.2) is 46.9 Å². The van der Waals surface area contributed by atoms with Crippen LogP contribution in [0.2, 0.25) is 0 Å². The molecule has 9 heteroatoms. The van der Waals surface area contributed by atoms with Gasteiger partial charge in [0.25, 0.3) is 0 Å². The normalized spacial score (nSPS) is 31.9. The number of carbonyl (C=O) groups excluding carboxylic acids is 3. The van der Waals surface area contributed by atoms with Crippen LogP contribution in [0.3, 0.4) is 0 Å². The van der Waals surface area contributed by atoms with Crippen LogP contribution < -0.4 is 10.6 Å². The van der Waals surface area contributed by atoms with Crippen LogP contribution in [0.1, 0.15) is 24.0 Å². The van der Waals surface area contributed by atoms with Crippen molar-refractivity contribution in [3.05, 3.63) is 58.1 Å². The van der Waals surface area contributed by atoms with E-state index in [0.717, 1.165) is 22.9 Å². The first-order valence-corrected chi connectivity index (χ1v) is 12.3. The number of hydrogen-bond acceptors (Lipinski definition) is 6. The number of imide groups is 1. The summed E-state index contributed by atoms with van der Waals surface area (Å²) < 4.78 is 6.49. The molecule has 8 nitrogen and oxygen atoms in total. The summed E-state index contributed by atoms with van der Waals surface area (Å²) in [6.07, 6.45) is 1.99. The number of hydrogen-bond donors (Lipinski definition) is 3. The van der Waals surface area contributed by atoms with Crippen LogP contribution >= 0.6 is 15.9 Å². The van der Waals surface area contributed by atoms with Crippen molar-refractivity contribution in [2.45, 2.75) is 36.9 Å². The molecule has 34 heavy (non-hydrogen) atoms. The van der Waals surface area contributed by atoms with Crippen LogP contribution in [0.4, 0.5) is 5.69 Å². The minimum atomic E-state index is -1.33. The standard InChI is InChI=1S/C25H24BrN3O5/c26-14-5-8-18-17(11-14)25(24(33)27-18)21-20(19(28-25)10-13-3-6-15(30)7-4-13)22(31)29(23(21)32)12-16-2-1-9-34-16/h3-8,11,16,19-21,28,30H,1-2,9-10,12H2,(H,27,33)/t16-,19+,20-,21-,25-/m0/s1. The first-order valence-electron chi connectivity index (χ1n) is 11.5. The van der Waals surface area contributed by atoms with Gasteiger partial charge in [-0.05, 0) is 55.2 Å². The van der Waals surface area contributed by atoms with Crippen molar-refractivity contribution in [1.29, 1.82) is 0 Å². The lowest BCUT2D eigenvalue weighted by Gasteiger charge is -2.30. The summed E-state index contributed by atoms with van der Waals surface area (Å²) in [6, 6.07) is 11.8. The van der Waals surface area contributed by atoms with Crippen LogP contribution in [0.5, 0.6) is 5.75 Å². The van der Waals surface area contributed by atoms with Crippen molar-refractivity contribution in [3.8, 4) is 5.75 Å². The van der Waals surface area contributed by atoms with Gasteiger partial charge in [-0.2, -0.15) is 0 Å². The third-order valence-electron chi connectivity index (χ3n) is 7.57. The molecule has 3 fully saturated rings. The molecule has 0 aliphatic carbocycles. The van der Waals surface area contributed by atoms with Crippen LogP contribution in [-0.4, -0.2) is 53.0 Å². The molecule has 2 aromatic rings. The van der Waals surface area contributed by atoms with Crippen LogP contribution in [0, 0.1) is 11.8 Å². The highest BCUT2D eigenvalue weighted by molar-refractivity contribution is 9.10. The molecule has 3 amide bonds. The fourth-order valence-corrected chi connectivity index (χ4v) is 6.43. The van der Waals surface area contributed by atoms with E-state index in [2.05, 4.69) is 26.6 Å². The Labute approximate surface area is 204 Å². The molecule has 6 rings (SSSR count). The largest absolute Gasteiger partial charge is 0.508 e. The molecule has 0 radical (unpaired) electrons. The Morgan fingerprint density at radius 1 is 1.12 bits per heavy atom. The minimum absolute atomic E-state index is 0.154. The van der Waals surface area contributed by atoms with E-state index in [1.165, 1.54) is 4.90 Å². The van der Waals surface area contributed by atoms with E-state index in [4.69, 9.17) is 4.74 Å². The summed E-state index contributed by atoms with van der Waals surface area (Å²) in [5.74, 6) is -2.27. The number of anilines is 1. The molecule has 0 bridgehead atoms. The van der Waals surface area contributed by atoms with Gasteiger partial charge >= 0.3 is 0 Å². The number of amides is 3. The SMILES string of the molecule is O=C1[C@@H]2[C@@H](C(=O)N1C[C@@H]1CCCO1)[C@]1(N[C@@H]2Cc2ccc(O)cc2)C(=O)Nc2ccc(Br)cc21. The van der Waals surface area contributed by atoms with E-state index >= 15 is 0 Å². The summed E-state index contributed by atoms with van der Waals surface area (Å²) in [6.45, 7) is 0.853. The van der Waals surface area contributed by atoms with E-state index in [1.807, 2.05) is 12.1 Å². The number of aromatic hydroxyl groups is 1. The third-order valence-corrected chi connectivity index (χ3v) is 8.06. The minimum Gasteiger partial charge on any atom is -0.508 e. The topological polar surface area (TPSA) is 108 Å². The second kappa shape index (κ2) is 7.90. The van der Waals surface area contributed by atoms with Crippen molar-refractivity contribution in [2.75, 3.05) is 18.5 Å². The first kappa shape index (κ1) is 21.8. The Morgan fingerprint density at radius 2 is 1.91 bits per heavy atom. The summed E-state index contributed by atoms with van der Waals surface area (Å²) in [5.41, 5.74) is 0.887. The number of nitrogens with one attached hydrogen (secondary N) is 2. The summed E-state index contributed by atoms with van der Waals surface area (Å²) in [5, 5.41) is 16.0. The second-order valence-corrected chi connectivity index (χ2v) is 10.4. The average molecular weight is 526 g/mol. The molecule has 4 aliphatic heterocycles. The number of phenolic OH excluding ortho intramolecular Hbond substituents is 1. The zero-order valence-corrected chi connectivity index (χ0v) is 19.9. The molecule has 5 atom stereocenters. The van der Waals surface area contributed by atoms with E-state index in [-0.39, 0.29) is 36.1 Å². The molecule has 2 aromatic carbocycles. The van der Waals surface area contributed by atoms with Crippen molar-refractivity contribution in [2.24, 2.45) is 11.8 Å². The Morgan fingerprint density at radius 3 is 2.65 bits per heavy atom. The zero-order valence-electron chi connectivity index (χ0n) is 18.3. The number of nitrogens with zero attached hydrogens (tertiary/aromatic N) is 1. The van der Waals surface area contributed by atoms with Crippen molar-refractivity contribution < 1.29 is 24.2 Å². The molecule has 176 valence electrons. The molecule has 4 aliphatic rings. The predicted octanol–water partition coefficient (Wildman–Crippen LogP) is 2.30. The number of likely N-dealkylation sites (tertiary alicyclic amines) is 1. The Bertz CT molecular complexity index is 1200. The van der Waals surface area contributed by atoms with E-state index in [1.54, 1.807) is 30.3 Å². The van der Waals surface area contributed by atoms with Gasteiger partial charge in [0.2, 0.25) is 17.7 Å². The number of phenols is 1. The maximum Gasteiger partial charge on any atom is 0.250 e. The maximum absolute atomic E-state index is 13.8. The molecule has 0 saturated carbocycles. The van der Waals surface area contributed by atoms with Gasteiger partial charge in [0, 0.05) is 28.4 Å². The van der Waals surface area contributed by atoms with E-state index in [0.29, 0.717) is 24.3 Å². The number of fused-ring (bicyclic) bond motifs is 4. The molecule has 3 N–H and O–H groups in total. The lowest BCUT2D eigenvalue weighted by Crippen LogP contribution is -2.54. The van der Waals surface area contributed by atoms with Crippen molar-refractivity contribution >= 4 is 39.3 Å². The number of halogens is 1. The quantitative estimate of drug-likeness (QED) is 0.528. The van der Waals surface area contributed by atoms with E-state index < -0.39 is 23.4 Å². The smallest absolute Gasteiger partial charge is 0.250 e. The Balaban J connectivity index is 1.43. The number of ether oxygens (including phenoxy) is 1. The second-order valence-electron chi connectivity index (χ2n) is 9.50. The predicted molar refractivity (Wildman–Crippen MR) is 126 cm³/mol. The number of carbonyl (C=O) groups is 3. The zero-order chi connectivity index (χ0) is 23.6. The van der Waals surface area contributed by atoms with Crippen LogP contribution in [0.25, 0.3) is 0 Å². The maximum atomic E-state index is 13.8. The number of rotatable bonds is 4. The van der Waals surface area contributed by atoms with Crippen molar-refractivity contribution in [3.63, 3.8) is 0 Å². The molecular weight excluding hydrogens is 502 g/mol. The van der Waals surface area contributed by atoms with Gasteiger partial charge in [0.1, 0.15) is 11.3 Å². The highest BCUT2D eigenvalue weighted by atomic mass is 79.9. The summed E-state index contributed by atoms with van der Waals surface area (Å²) in [7, 11) is 0. The lowest BCUT2D eigenvalue weighted by molar-refractivity contribution is -0.144. The van der Waals surface area contributed by atoms with Crippen LogP contribution in [-0.2, 0) is 31.1 Å². The van der Waals surface area contributed by atoms with Gasteiger partial charge in [-0.3, -0.25) is 24.6 Å². The van der Waals surface area contributed by atoms with Gasteiger partial charge in [0.05, 0.1) is 24.5 Å². The lowest BCUT2D eigenvalue weighted by atomic mass is 9.76. The van der Waals surface area contributed by atoms with Gasteiger partial charge < -0.3 is 15.2 Å². The molecule has 0 unspecified atom stereocenters. The van der Waals surface area contributed by atoms with Gasteiger partial charge in [-0.25, -0.2) is 0 Å². The monoisotopic (exact) mass is 525 g/mol.